The van der Waals surface area contributed by atoms with E-state index in [4.69, 9.17) is 14.2 Å². The number of carbonyl (C=O) groups excluding carboxylic acids is 2. The molecule has 1 N–H and O–H groups in total. The zero-order valence-corrected chi connectivity index (χ0v) is 21.4. The van der Waals surface area contributed by atoms with Crippen LogP contribution in [0.15, 0.2) is 47.5 Å². The SMILES string of the molecule is COc1ccc(C(=O)CCCCC(=O)N=C[C@H](CN2CCCC2)[C@H](O)c2ccc3c(c2)OCCO3)cc1. The number of rotatable bonds is 12. The number of methoxy groups -OCH3 is 1. The molecule has 0 radical (unpaired) electrons. The molecule has 0 saturated carbocycles. The first-order valence-electron chi connectivity index (χ1n) is 13.1. The van der Waals surface area contributed by atoms with Crippen LogP contribution >= 0.6 is 0 Å². The van der Waals surface area contributed by atoms with E-state index in [-0.39, 0.29) is 24.0 Å². The third-order valence-electron chi connectivity index (χ3n) is 6.85. The van der Waals surface area contributed by atoms with E-state index in [9.17, 15) is 14.7 Å². The van der Waals surface area contributed by atoms with Crippen LogP contribution in [0.4, 0.5) is 0 Å². The summed E-state index contributed by atoms with van der Waals surface area (Å²) in [6.07, 6.45) is 4.89. The van der Waals surface area contributed by atoms with Crippen molar-refractivity contribution in [3.05, 3.63) is 53.6 Å². The summed E-state index contributed by atoms with van der Waals surface area (Å²) in [6, 6.07) is 12.5. The number of likely N-dealkylation sites (tertiary alicyclic amines) is 1. The molecule has 0 aliphatic carbocycles. The van der Waals surface area contributed by atoms with Gasteiger partial charge in [-0.2, -0.15) is 0 Å². The quantitative estimate of drug-likeness (QED) is 0.260. The lowest BCUT2D eigenvalue weighted by Gasteiger charge is -2.26. The molecule has 2 aliphatic rings. The van der Waals surface area contributed by atoms with Gasteiger partial charge in [-0.1, -0.05) is 6.07 Å². The van der Waals surface area contributed by atoms with Crippen molar-refractivity contribution in [1.29, 1.82) is 0 Å². The summed E-state index contributed by atoms with van der Waals surface area (Å²) in [5, 5.41) is 11.2. The van der Waals surface area contributed by atoms with Crippen molar-refractivity contribution >= 4 is 17.9 Å². The van der Waals surface area contributed by atoms with Crippen molar-refractivity contribution in [2.24, 2.45) is 10.9 Å². The fourth-order valence-electron chi connectivity index (χ4n) is 4.71. The van der Waals surface area contributed by atoms with E-state index in [2.05, 4.69) is 9.89 Å². The van der Waals surface area contributed by atoms with Gasteiger partial charge in [0.1, 0.15) is 19.0 Å². The molecule has 2 heterocycles. The highest BCUT2D eigenvalue weighted by molar-refractivity contribution is 5.96. The Labute approximate surface area is 218 Å². The van der Waals surface area contributed by atoms with Crippen LogP contribution in [0, 0.1) is 5.92 Å². The topological polar surface area (TPSA) is 97.7 Å². The molecule has 0 unspecified atom stereocenters. The van der Waals surface area contributed by atoms with Crippen molar-refractivity contribution < 1.29 is 28.9 Å². The first kappa shape index (κ1) is 26.8. The lowest BCUT2D eigenvalue weighted by molar-refractivity contribution is -0.117. The number of aliphatic hydroxyl groups is 1. The van der Waals surface area contributed by atoms with Crippen LogP contribution in [0.3, 0.4) is 0 Å². The highest BCUT2D eigenvalue weighted by Crippen LogP contribution is 2.34. The minimum atomic E-state index is -0.824. The molecule has 8 nitrogen and oxygen atoms in total. The van der Waals surface area contributed by atoms with Crippen molar-refractivity contribution in [3.63, 3.8) is 0 Å². The van der Waals surface area contributed by atoms with Crippen molar-refractivity contribution in [1.82, 2.24) is 4.90 Å². The van der Waals surface area contributed by atoms with E-state index >= 15 is 0 Å². The number of aliphatic imine (C=N–C) groups is 1. The van der Waals surface area contributed by atoms with Crippen LogP contribution < -0.4 is 14.2 Å². The van der Waals surface area contributed by atoms with Crippen LogP contribution in [0.1, 0.15) is 60.6 Å². The zero-order valence-electron chi connectivity index (χ0n) is 21.4. The number of ether oxygens (including phenoxy) is 3. The molecular weight excluding hydrogens is 472 g/mol. The van der Waals surface area contributed by atoms with Crippen LogP contribution in [-0.2, 0) is 4.79 Å². The Morgan fingerprint density at radius 3 is 2.46 bits per heavy atom. The average molecular weight is 509 g/mol. The standard InChI is InChI=1S/C29H36N2O6/c1-35-24-11-8-21(9-12-24)25(32)6-2-3-7-28(33)30-19-23(20-31-14-4-5-15-31)29(34)22-10-13-26-27(18-22)37-17-16-36-26/h8-13,18-19,23,29,34H,2-7,14-17,20H2,1H3/t23-,29-/m1/s1. The summed E-state index contributed by atoms with van der Waals surface area (Å²) in [7, 11) is 1.59. The van der Waals surface area contributed by atoms with Gasteiger partial charge in [-0.05, 0) is 80.7 Å². The third kappa shape index (κ3) is 7.63. The predicted molar refractivity (Wildman–Crippen MR) is 141 cm³/mol. The first-order chi connectivity index (χ1) is 18.0. The van der Waals surface area contributed by atoms with Gasteiger partial charge >= 0.3 is 0 Å². The fourth-order valence-corrected chi connectivity index (χ4v) is 4.71. The Balaban J connectivity index is 1.30. The molecule has 0 spiro atoms. The number of unbranched alkanes of at least 4 members (excludes halogenated alkanes) is 1. The third-order valence-corrected chi connectivity index (χ3v) is 6.85. The van der Waals surface area contributed by atoms with E-state index in [1.54, 1.807) is 37.6 Å². The number of nitrogens with zero attached hydrogens (tertiary/aromatic N) is 2. The number of aliphatic hydroxyl groups excluding tert-OH is 1. The number of carbonyl (C=O) groups is 2. The second-order valence-corrected chi connectivity index (χ2v) is 9.55. The number of hydrogen-bond acceptors (Lipinski definition) is 7. The molecule has 1 amide bonds. The summed E-state index contributed by atoms with van der Waals surface area (Å²) in [4.78, 5) is 31.3. The molecule has 198 valence electrons. The Kier molecular flexibility index (Phi) is 9.68. The summed E-state index contributed by atoms with van der Waals surface area (Å²) in [6.45, 7) is 3.58. The first-order valence-corrected chi connectivity index (χ1v) is 13.1. The average Bonchev–Trinajstić information content (AvgIpc) is 3.46. The van der Waals surface area contributed by atoms with Crippen LogP contribution in [0.25, 0.3) is 0 Å². The van der Waals surface area contributed by atoms with Crippen LogP contribution in [0.5, 0.6) is 17.2 Å². The van der Waals surface area contributed by atoms with Crippen LogP contribution in [-0.4, -0.2) is 67.9 Å². The normalized spacial score (nSPS) is 17.0. The summed E-state index contributed by atoms with van der Waals surface area (Å²) >= 11 is 0. The molecule has 1 saturated heterocycles. The van der Waals surface area contributed by atoms with Crippen LogP contribution in [0.2, 0.25) is 0 Å². The molecule has 4 rings (SSSR count). The molecule has 2 aliphatic heterocycles. The van der Waals surface area contributed by atoms with Crippen molar-refractivity contribution in [2.45, 2.75) is 44.6 Å². The molecule has 8 heteroatoms. The van der Waals surface area contributed by atoms with E-state index in [0.717, 1.165) is 25.9 Å². The van der Waals surface area contributed by atoms with Gasteiger partial charge in [-0.3, -0.25) is 9.59 Å². The minimum absolute atomic E-state index is 0.0480. The van der Waals surface area contributed by atoms with Gasteiger partial charge < -0.3 is 24.2 Å². The van der Waals surface area contributed by atoms with Gasteiger partial charge in [0.2, 0.25) is 5.91 Å². The fraction of sp³-hybridized carbons (Fsp3) is 0.483. The number of amides is 1. The Hall–Kier alpha value is -3.23. The lowest BCUT2D eigenvalue weighted by Crippen LogP contribution is -2.31. The van der Waals surface area contributed by atoms with E-state index in [1.165, 1.54) is 0 Å². The minimum Gasteiger partial charge on any atom is -0.497 e. The maximum Gasteiger partial charge on any atom is 0.245 e. The highest BCUT2D eigenvalue weighted by atomic mass is 16.6. The second kappa shape index (κ2) is 13.4. The van der Waals surface area contributed by atoms with Gasteiger partial charge in [0, 0.05) is 37.1 Å². The molecule has 1 fully saturated rings. The summed E-state index contributed by atoms with van der Waals surface area (Å²) < 4.78 is 16.4. The van der Waals surface area contributed by atoms with Gasteiger partial charge in [0.15, 0.2) is 17.3 Å². The van der Waals surface area contributed by atoms with Gasteiger partial charge in [-0.25, -0.2) is 4.99 Å². The number of fused-ring (bicyclic) bond motifs is 1. The Bertz CT molecular complexity index is 1080. The van der Waals surface area contributed by atoms with E-state index in [0.29, 0.717) is 67.4 Å². The number of Topliss-reactive ketones (excluding diaryl/α,β-unsaturated/α-hetero) is 1. The monoisotopic (exact) mass is 508 g/mol. The second-order valence-electron chi connectivity index (χ2n) is 9.55. The smallest absolute Gasteiger partial charge is 0.245 e. The Morgan fingerprint density at radius 1 is 1.03 bits per heavy atom. The van der Waals surface area contributed by atoms with Crippen molar-refractivity contribution in [3.8, 4) is 17.2 Å². The molecule has 2 aromatic carbocycles. The number of hydrogen-bond donors (Lipinski definition) is 1. The van der Waals surface area contributed by atoms with Gasteiger partial charge in [0.25, 0.3) is 0 Å². The number of ketones is 1. The molecule has 0 aromatic heterocycles. The molecule has 0 bridgehead atoms. The summed E-state index contributed by atoms with van der Waals surface area (Å²) in [5.74, 6) is 1.49. The van der Waals surface area contributed by atoms with Gasteiger partial charge in [0.05, 0.1) is 13.2 Å². The predicted octanol–water partition coefficient (Wildman–Crippen LogP) is 4.25. The zero-order chi connectivity index (χ0) is 26.0. The van der Waals surface area contributed by atoms with Crippen molar-refractivity contribution in [2.75, 3.05) is 40.0 Å². The lowest BCUT2D eigenvalue weighted by atomic mass is 9.95. The van der Waals surface area contributed by atoms with Gasteiger partial charge in [-0.15, -0.1) is 0 Å². The number of benzene rings is 2. The highest BCUT2D eigenvalue weighted by Gasteiger charge is 2.25. The van der Waals surface area contributed by atoms with E-state index in [1.807, 2.05) is 18.2 Å². The molecule has 37 heavy (non-hydrogen) atoms. The molecule has 2 atom stereocenters. The summed E-state index contributed by atoms with van der Waals surface area (Å²) in [5.41, 5.74) is 1.35. The largest absolute Gasteiger partial charge is 0.497 e. The van der Waals surface area contributed by atoms with E-state index < -0.39 is 6.10 Å². The molecule has 2 aromatic rings. The maximum absolute atomic E-state index is 12.5. The molecular formula is C29H36N2O6. The maximum atomic E-state index is 12.5. The Morgan fingerprint density at radius 2 is 1.73 bits per heavy atom.